The van der Waals surface area contributed by atoms with Gasteiger partial charge in [0.1, 0.15) is 6.10 Å². The van der Waals surface area contributed by atoms with Crippen LogP contribution >= 0.6 is 0 Å². The number of hydrogen-bond acceptors (Lipinski definition) is 5. The van der Waals surface area contributed by atoms with E-state index in [2.05, 4.69) is 9.88 Å². The van der Waals surface area contributed by atoms with Gasteiger partial charge in [-0.2, -0.15) is 0 Å². The second kappa shape index (κ2) is 5.84. The molecule has 0 aliphatic carbocycles. The van der Waals surface area contributed by atoms with Crippen LogP contribution in [0, 0.1) is 0 Å². The topological polar surface area (TPSA) is 71.6 Å². The molecule has 0 spiro atoms. The fourth-order valence-corrected chi connectivity index (χ4v) is 2.02. The fourth-order valence-electron chi connectivity index (χ4n) is 2.02. The van der Waals surface area contributed by atoms with Crippen molar-refractivity contribution in [2.24, 2.45) is 0 Å². The number of anilines is 1. The number of hydrogen-bond donors (Lipinski definition) is 2. The molecule has 2 rings (SSSR count). The average molecular weight is 237 g/mol. The molecule has 1 aliphatic rings. The summed E-state index contributed by atoms with van der Waals surface area (Å²) in [6, 6.07) is 3.60. The maximum absolute atomic E-state index is 8.85. The van der Waals surface area contributed by atoms with E-state index in [1.807, 2.05) is 0 Å². The minimum Gasteiger partial charge on any atom is -0.474 e. The highest BCUT2D eigenvalue weighted by Crippen LogP contribution is 2.17. The molecule has 1 aliphatic heterocycles. The van der Waals surface area contributed by atoms with Crippen LogP contribution in [0.4, 0.5) is 5.69 Å². The van der Waals surface area contributed by atoms with Gasteiger partial charge < -0.3 is 20.5 Å². The number of nitrogen functional groups attached to an aromatic ring is 1. The number of β-amino-alcohol motifs (C(OH)–C–C–N with tert-alkyl or cyclic N) is 1. The Hall–Kier alpha value is -1.33. The van der Waals surface area contributed by atoms with E-state index in [1.54, 1.807) is 18.3 Å². The molecule has 17 heavy (non-hydrogen) atoms. The van der Waals surface area contributed by atoms with Crippen LogP contribution < -0.4 is 10.5 Å². The lowest BCUT2D eigenvalue weighted by Crippen LogP contribution is -2.39. The first-order chi connectivity index (χ1) is 8.28. The number of aliphatic hydroxyl groups is 1. The summed E-state index contributed by atoms with van der Waals surface area (Å²) in [5.41, 5.74) is 6.21. The summed E-state index contributed by atoms with van der Waals surface area (Å²) in [4.78, 5) is 6.37. The van der Waals surface area contributed by atoms with Crippen LogP contribution in [0.5, 0.6) is 5.88 Å². The Balaban J connectivity index is 1.79. The minimum absolute atomic E-state index is 0.223. The molecule has 1 aromatic heterocycles. The molecule has 94 valence electrons. The third kappa shape index (κ3) is 3.57. The molecule has 0 radical (unpaired) electrons. The highest BCUT2D eigenvalue weighted by molar-refractivity contribution is 5.35. The Bertz CT molecular complexity index is 334. The summed E-state index contributed by atoms with van der Waals surface area (Å²) in [5.74, 6) is 0.639. The van der Waals surface area contributed by atoms with Crippen LogP contribution in [0.25, 0.3) is 0 Å². The number of ether oxygens (including phenoxy) is 1. The predicted molar refractivity (Wildman–Crippen MR) is 65.8 cm³/mol. The lowest BCUT2D eigenvalue weighted by Gasteiger charge is -2.31. The maximum Gasteiger partial charge on any atom is 0.213 e. The maximum atomic E-state index is 8.85. The van der Waals surface area contributed by atoms with Crippen molar-refractivity contribution in [2.75, 3.05) is 32.0 Å². The summed E-state index contributed by atoms with van der Waals surface area (Å²) in [6.45, 7) is 2.93. The van der Waals surface area contributed by atoms with E-state index in [9.17, 15) is 0 Å². The number of nitrogens with zero attached hydrogens (tertiary/aromatic N) is 2. The van der Waals surface area contributed by atoms with Gasteiger partial charge in [-0.3, -0.25) is 0 Å². The summed E-state index contributed by atoms with van der Waals surface area (Å²) < 4.78 is 5.78. The number of likely N-dealkylation sites (tertiary alicyclic amines) is 1. The number of rotatable bonds is 4. The molecular weight excluding hydrogens is 218 g/mol. The van der Waals surface area contributed by atoms with E-state index < -0.39 is 0 Å². The molecule has 1 saturated heterocycles. The van der Waals surface area contributed by atoms with Gasteiger partial charge in [0.15, 0.2) is 0 Å². The molecule has 5 nitrogen and oxygen atoms in total. The Kier molecular flexibility index (Phi) is 4.17. The first-order valence-electron chi connectivity index (χ1n) is 5.99. The van der Waals surface area contributed by atoms with Crippen LogP contribution in [0.1, 0.15) is 12.8 Å². The van der Waals surface area contributed by atoms with Gasteiger partial charge in [0.25, 0.3) is 0 Å². The van der Waals surface area contributed by atoms with Gasteiger partial charge in [-0.25, -0.2) is 4.98 Å². The number of nitrogens with two attached hydrogens (primary N) is 1. The van der Waals surface area contributed by atoms with Crippen molar-refractivity contribution in [3.05, 3.63) is 18.3 Å². The Morgan fingerprint density at radius 2 is 2.18 bits per heavy atom. The first kappa shape index (κ1) is 12.1. The van der Waals surface area contributed by atoms with Gasteiger partial charge in [-0.1, -0.05) is 0 Å². The normalized spacial score (nSPS) is 18.2. The van der Waals surface area contributed by atoms with E-state index in [0.29, 0.717) is 11.6 Å². The minimum atomic E-state index is 0.223. The zero-order chi connectivity index (χ0) is 12.1. The van der Waals surface area contributed by atoms with Crippen molar-refractivity contribution in [3.63, 3.8) is 0 Å². The van der Waals surface area contributed by atoms with Gasteiger partial charge in [-0.15, -0.1) is 0 Å². The van der Waals surface area contributed by atoms with Gasteiger partial charge in [-0.05, 0) is 18.9 Å². The second-order valence-electron chi connectivity index (χ2n) is 4.31. The Morgan fingerprint density at radius 1 is 1.41 bits per heavy atom. The molecule has 0 amide bonds. The van der Waals surface area contributed by atoms with Crippen LogP contribution in [-0.4, -0.2) is 47.3 Å². The van der Waals surface area contributed by atoms with Gasteiger partial charge >= 0.3 is 0 Å². The molecule has 3 N–H and O–H groups in total. The summed E-state index contributed by atoms with van der Waals surface area (Å²) in [5, 5.41) is 8.85. The number of pyridine rings is 1. The van der Waals surface area contributed by atoms with E-state index in [-0.39, 0.29) is 12.7 Å². The lowest BCUT2D eigenvalue weighted by atomic mass is 10.1. The highest BCUT2D eigenvalue weighted by atomic mass is 16.5. The molecule has 0 bridgehead atoms. The van der Waals surface area contributed by atoms with Crippen molar-refractivity contribution < 1.29 is 9.84 Å². The van der Waals surface area contributed by atoms with Gasteiger partial charge in [0, 0.05) is 25.7 Å². The zero-order valence-electron chi connectivity index (χ0n) is 9.88. The molecule has 0 unspecified atom stereocenters. The van der Waals surface area contributed by atoms with Crippen LogP contribution in [0.2, 0.25) is 0 Å². The third-order valence-corrected chi connectivity index (χ3v) is 3.00. The quantitative estimate of drug-likeness (QED) is 0.798. The van der Waals surface area contributed by atoms with Crippen molar-refractivity contribution in [1.29, 1.82) is 0 Å². The Labute approximate surface area is 101 Å². The standard InChI is InChI=1S/C12H19N3O2/c13-10-1-2-12(14-9-10)17-11-3-5-15(6-4-11)7-8-16/h1-2,9,11,16H,3-8,13H2. The van der Waals surface area contributed by atoms with Crippen molar-refractivity contribution in [1.82, 2.24) is 9.88 Å². The van der Waals surface area contributed by atoms with E-state index in [4.69, 9.17) is 15.6 Å². The smallest absolute Gasteiger partial charge is 0.213 e. The third-order valence-electron chi connectivity index (χ3n) is 3.00. The molecule has 0 atom stereocenters. The molecule has 0 saturated carbocycles. The fraction of sp³-hybridized carbons (Fsp3) is 0.583. The molecule has 1 fully saturated rings. The second-order valence-corrected chi connectivity index (χ2v) is 4.31. The number of aromatic nitrogens is 1. The van der Waals surface area contributed by atoms with Crippen molar-refractivity contribution in [3.8, 4) is 5.88 Å². The number of aliphatic hydroxyl groups excluding tert-OH is 1. The van der Waals surface area contributed by atoms with Gasteiger partial charge in [0.2, 0.25) is 5.88 Å². The van der Waals surface area contributed by atoms with Crippen molar-refractivity contribution in [2.45, 2.75) is 18.9 Å². The highest BCUT2D eigenvalue weighted by Gasteiger charge is 2.20. The van der Waals surface area contributed by atoms with Crippen LogP contribution in [0.3, 0.4) is 0 Å². The zero-order valence-corrected chi connectivity index (χ0v) is 9.88. The largest absolute Gasteiger partial charge is 0.474 e. The van der Waals surface area contributed by atoms with E-state index >= 15 is 0 Å². The van der Waals surface area contributed by atoms with Gasteiger partial charge in [0.05, 0.1) is 18.5 Å². The van der Waals surface area contributed by atoms with Crippen molar-refractivity contribution >= 4 is 5.69 Å². The molecule has 5 heteroatoms. The summed E-state index contributed by atoms with van der Waals surface area (Å²) >= 11 is 0. The summed E-state index contributed by atoms with van der Waals surface area (Å²) in [7, 11) is 0. The van der Waals surface area contributed by atoms with Crippen LogP contribution in [-0.2, 0) is 0 Å². The summed E-state index contributed by atoms with van der Waals surface area (Å²) in [6.07, 6.45) is 3.79. The predicted octanol–water partition coefficient (Wildman–Crippen LogP) is 0.499. The molecule has 1 aromatic rings. The van der Waals surface area contributed by atoms with E-state index in [0.717, 1.165) is 32.5 Å². The first-order valence-corrected chi connectivity index (χ1v) is 5.99. The SMILES string of the molecule is Nc1ccc(OC2CCN(CCO)CC2)nc1. The lowest BCUT2D eigenvalue weighted by molar-refractivity contribution is 0.0859. The Morgan fingerprint density at radius 3 is 2.76 bits per heavy atom. The average Bonchev–Trinajstić information content (AvgIpc) is 2.35. The molecule has 0 aromatic carbocycles. The van der Waals surface area contributed by atoms with Crippen LogP contribution in [0.15, 0.2) is 18.3 Å². The molecule has 2 heterocycles. The van der Waals surface area contributed by atoms with E-state index in [1.165, 1.54) is 0 Å². The monoisotopic (exact) mass is 237 g/mol. The molecular formula is C12H19N3O2. The number of piperidine rings is 1.